The van der Waals surface area contributed by atoms with Crippen molar-refractivity contribution in [2.45, 2.75) is 0 Å². The van der Waals surface area contributed by atoms with Gasteiger partial charge in [-0.05, 0) is 299 Å². The fraction of sp³-hybridized carbons (Fsp3) is 0. The molecule has 0 aliphatic carbocycles. The van der Waals surface area contributed by atoms with E-state index in [0.717, 1.165) is 22.7 Å². The van der Waals surface area contributed by atoms with Crippen molar-refractivity contribution in [2.75, 3.05) is 0 Å². The zero-order valence-electron chi connectivity index (χ0n) is 74.3. The predicted molar refractivity (Wildman–Crippen MR) is 579 cm³/mol. The van der Waals surface area contributed by atoms with Crippen molar-refractivity contribution in [2.24, 2.45) is 0 Å². The van der Waals surface area contributed by atoms with E-state index in [4.69, 9.17) is 0 Å². The lowest BCUT2D eigenvalue weighted by molar-refractivity contribution is 1.18. The number of hydrogen-bond acceptors (Lipinski definition) is 0. The minimum absolute atomic E-state index is 1.15. The molecule has 4 nitrogen and oxygen atoms in total. The van der Waals surface area contributed by atoms with Gasteiger partial charge in [-0.25, -0.2) is 0 Å². The molecule has 0 unspecified atom stereocenters. The van der Waals surface area contributed by atoms with E-state index in [0.29, 0.717) is 0 Å². The van der Waals surface area contributed by atoms with Gasteiger partial charge in [0.15, 0.2) is 0 Å². The van der Waals surface area contributed by atoms with E-state index in [9.17, 15) is 0 Å². The van der Waals surface area contributed by atoms with Crippen molar-refractivity contribution in [3.8, 4) is 112 Å². The highest BCUT2D eigenvalue weighted by Gasteiger charge is 2.28. The molecule has 0 N–H and O–H groups in total. The molecular weight excluding hydrogens is 1640 g/mol. The van der Waals surface area contributed by atoms with Gasteiger partial charge in [0, 0.05) is 65.8 Å². The molecule has 0 fully saturated rings. The maximum absolute atomic E-state index is 2.51. The van der Waals surface area contributed by atoms with Gasteiger partial charge >= 0.3 is 0 Å². The SMILES string of the molecule is c1ccc(-c2cc3ccccc3cc2-c2c3cccc(-c4ccc5c(c4)c4ccccc4n5-c4ccccc4)c3cc3c(-c4ccc5c(c4)c4ccccc4n5-c4ccccc4)cccc23)cc1.c1ccc(-c2cc3ccccc3cc2-c2c3cccc(-c4cccc5c4c4ccccc4n5-c4ccccc4)c3cc3c(-c4cccc5c4c4ccccc4n5-c4ccccc4)cccc23)cc1. The molecule has 24 aromatic carbocycles. The second kappa shape index (κ2) is 32.0. The summed E-state index contributed by atoms with van der Waals surface area (Å²) < 4.78 is 9.64. The van der Waals surface area contributed by atoms with Crippen LogP contribution in [0.15, 0.2) is 510 Å². The van der Waals surface area contributed by atoms with E-state index < -0.39 is 0 Å². The van der Waals surface area contributed by atoms with Crippen molar-refractivity contribution in [1.29, 1.82) is 0 Å². The van der Waals surface area contributed by atoms with Gasteiger partial charge in [0.1, 0.15) is 0 Å². The van der Waals surface area contributed by atoms with Crippen LogP contribution in [0.5, 0.6) is 0 Å². The number of fused-ring (bicyclic) bond motifs is 18. The number of benzene rings is 24. The van der Waals surface area contributed by atoms with Crippen LogP contribution >= 0.6 is 0 Å². The lowest BCUT2D eigenvalue weighted by atomic mass is 9.82. The Morgan fingerprint density at radius 3 is 0.706 bits per heavy atom. The highest BCUT2D eigenvalue weighted by molar-refractivity contribution is 6.28. The van der Waals surface area contributed by atoms with Crippen molar-refractivity contribution in [3.05, 3.63) is 510 Å². The quantitative estimate of drug-likeness (QED) is 0.109. The molecule has 632 valence electrons. The highest BCUT2D eigenvalue weighted by atomic mass is 15.0. The maximum Gasteiger partial charge on any atom is 0.0547 e. The summed E-state index contributed by atoms with van der Waals surface area (Å²) >= 11 is 0. The highest BCUT2D eigenvalue weighted by Crippen LogP contribution is 2.53. The molecule has 136 heavy (non-hydrogen) atoms. The lowest BCUT2D eigenvalue weighted by Crippen LogP contribution is -1.94. The van der Waals surface area contributed by atoms with Crippen LogP contribution < -0.4 is 0 Å². The Labute approximate surface area is 785 Å². The van der Waals surface area contributed by atoms with Gasteiger partial charge in [0.05, 0.1) is 44.1 Å². The first-order valence-corrected chi connectivity index (χ1v) is 47.0. The third kappa shape index (κ3) is 12.5. The Bertz CT molecular complexity index is 9270. The maximum atomic E-state index is 2.51. The smallest absolute Gasteiger partial charge is 0.0547 e. The number of para-hydroxylation sites is 8. The third-order valence-corrected chi connectivity index (χ3v) is 28.6. The molecule has 0 aliphatic rings. The summed E-state index contributed by atoms with van der Waals surface area (Å²) in [6.07, 6.45) is 0. The second-order valence-corrected chi connectivity index (χ2v) is 35.9. The standard InChI is InChI=1S/2C66H42N2/c1-4-20-43(21-5-1)56-40-44-22-10-11-23-45(44)41-59(56)64-52-32-16-30-48(50-34-18-38-62-65(50)54-28-12-14-36-60(54)67(62)46-24-6-2-7-25-46)57(52)42-58-49(31-17-33-53(58)64)51-35-19-39-63-66(51)55-29-13-15-37-61(55)68(63)47-26-8-3-9-27-47;1-4-18-43(19-5-1)56-38-44-20-10-11-21-45(44)39-61(56)66-54-30-16-28-50(46-34-36-64-59(40-46)52-26-12-14-32-62(52)67(64)48-22-6-2-7-23-48)57(54)42-58-51(29-17-31-55(58)66)47-35-37-65-60(41-47)53-27-13-15-33-63(53)68(65)49-24-8-3-9-25-49/h2*1-42H. The third-order valence-electron chi connectivity index (χ3n) is 28.6. The minimum atomic E-state index is 1.15. The van der Waals surface area contributed by atoms with E-state index >= 15 is 0 Å². The molecule has 0 atom stereocenters. The van der Waals surface area contributed by atoms with Gasteiger partial charge in [0.2, 0.25) is 0 Å². The zero-order chi connectivity index (χ0) is 89.4. The molecular formula is C132H84N4. The topological polar surface area (TPSA) is 19.7 Å². The summed E-state index contributed by atoms with van der Waals surface area (Å²) in [5.41, 5.74) is 33.6. The van der Waals surface area contributed by atoms with E-state index in [1.54, 1.807) is 0 Å². The molecule has 28 aromatic rings. The van der Waals surface area contributed by atoms with Crippen LogP contribution in [0.1, 0.15) is 0 Å². The number of aromatic nitrogens is 4. The average Bonchev–Trinajstić information content (AvgIpc) is 1.15. The number of hydrogen-bond donors (Lipinski definition) is 0. The Balaban J connectivity index is 0.000000138. The summed E-state index contributed by atoms with van der Waals surface area (Å²) in [5, 5.41) is 24.6. The Morgan fingerprint density at radius 2 is 0.353 bits per heavy atom. The molecule has 4 heteroatoms. The van der Waals surface area contributed by atoms with Crippen molar-refractivity contribution >= 4 is 152 Å². The molecule has 4 aromatic heterocycles. The van der Waals surface area contributed by atoms with Gasteiger partial charge in [-0.1, -0.05) is 364 Å². The average molecular weight is 1730 g/mol. The van der Waals surface area contributed by atoms with E-state index in [1.165, 1.54) is 241 Å². The van der Waals surface area contributed by atoms with Crippen LogP contribution in [-0.4, -0.2) is 18.3 Å². The first-order valence-electron chi connectivity index (χ1n) is 47.0. The van der Waals surface area contributed by atoms with Crippen molar-refractivity contribution in [1.82, 2.24) is 18.3 Å². The number of nitrogens with zero attached hydrogens (tertiary/aromatic N) is 4. The fourth-order valence-electron chi connectivity index (χ4n) is 22.7. The molecule has 0 aliphatic heterocycles. The predicted octanol–water partition coefficient (Wildman–Crippen LogP) is 36.0. The molecule has 0 radical (unpaired) electrons. The lowest BCUT2D eigenvalue weighted by Gasteiger charge is -2.20. The van der Waals surface area contributed by atoms with Gasteiger partial charge in [0.25, 0.3) is 0 Å². The summed E-state index contributed by atoms with van der Waals surface area (Å²) in [6, 6.07) is 188. The molecule has 0 spiro atoms. The Kier molecular flexibility index (Phi) is 18.3. The largest absolute Gasteiger partial charge is 0.309 e. The van der Waals surface area contributed by atoms with Crippen molar-refractivity contribution in [3.63, 3.8) is 0 Å². The van der Waals surface area contributed by atoms with Crippen LogP contribution in [0.4, 0.5) is 0 Å². The van der Waals surface area contributed by atoms with Gasteiger partial charge in [-0.3, -0.25) is 0 Å². The molecule has 0 saturated carbocycles. The minimum Gasteiger partial charge on any atom is -0.309 e. The van der Waals surface area contributed by atoms with E-state index in [1.807, 2.05) is 0 Å². The zero-order valence-corrected chi connectivity index (χ0v) is 74.3. The molecule has 0 saturated heterocycles. The summed E-state index contributed by atoms with van der Waals surface area (Å²) in [6.45, 7) is 0. The monoisotopic (exact) mass is 1720 g/mol. The number of rotatable bonds is 12. The first-order chi connectivity index (χ1) is 67.5. The van der Waals surface area contributed by atoms with Crippen LogP contribution in [0.3, 0.4) is 0 Å². The van der Waals surface area contributed by atoms with E-state index in [-0.39, 0.29) is 0 Å². The van der Waals surface area contributed by atoms with Crippen LogP contribution in [0.2, 0.25) is 0 Å². The molecule has 0 amide bonds. The first kappa shape index (κ1) is 77.9. The molecule has 4 heterocycles. The Hall–Kier alpha value is -18.0. The normalized spacial score (nSPS) is 11.8. The Morgan fingerprint density at radius 1 is 0.110 bits per heavy atom. The van der Waals surface area contributed by atoms with Crippen molar-refractivity contribution < 1.29 is 0 Å². The summed E-state index contributed by atoms with van der Waals surface area (Å²) in [7, 11) is 0. The van der Waals surface area contributed by atoms with Gasteiger partial charge < -0.3 is 18.3 Å². The van der Waals surface area contributed by atoms with Gasteiger partial charge in [-0.2, -0.15) is 0 Å². The van der Waals surface area contributed by atoms with Crippen LogP contribution in [0, 0.1) is 0 Å². The molecule has 0 bridgehead atoms. The second-order valence-electron chi connectivity index (χ2n) is 35.9. The fourth-order valence-corrected chi connectivity index (χ4v) is 22.7. The molecule has 28 rings (SSSR count). The van der Waals surface area contributed by atoms with Gasteiger partial charge in [-0.15, -0.1) is 0 Å². The summed E-state index contributed by atoms with van der Waals surface area (Å²) in [5.74, 6) is 0. The van der Waals surface area contributed by atoms with Crippen LogP contribution in [-0.2, 0) is 0 Å². The van der Waals surface area contributed by atoms with E-state index in [2.05, 4.69) is 528 Å². The van der Waals surface area contributed by atoms with Crippen LogP contribution in [0.25, 0.3) is 264 Å². The summed E-state index contributed by atoms with van der Waals surface area (Å²) in [4.78, 5) is 0.